The van der Waals surface area contributed by atoms with Gasteiger partial charge in [-0.15, -0.1) is 11.3 Å². The summed E-state index contributed by atoms with van der Waals surface area (Å²) in [4.78, 5) is 4.58. The van der Waals surface area contributed by atoms with Gasteiger partial charge in [-0.25, -0.2) is 4.98 Å². The Morgan fingerprint density at radius 3 is 2.68 bits per heavy atom. The number of nitrogen functional groups attached to an aromatic ring is 1. The van der Waals surface area contributed by atoms with Crippen LogP contribution >= 0.6 is 23.1 Å². The van der Waals surface area contributed by atoms with E-state index in [0.29, 0.717) is 18.8 Å². The number of anilines is 2. The van der Waals surface area contributed by atoms with E-state index >= 15 is 0 Å². The van der Waals surface area contributed by atoms with Crippen LogP contribution in [0.4, 0.5) is 11.4 Å². The lowest BCUT2D eigenvalue weighted by Gasteiger charge is -2.12. The van der Waals surface area contributed by atoms with Crippen molar-refractivity contribution < 1.29 is 4.74 Å². The van der Waals surface area contributed by atoms with Crippen LogP contribution in [0.2, 0.25) is 0 Å². The maximum absolute atomic E-state index is 6.21. The molecular weight excluding hydrogens is 386 g/mol. The number of ether oxygens (including phenoxy) is 1. The molecule has 142 valence electrons. The van der Waals surface area contributed by atoms with E-state index in [1.165, 1.54) is 10.3 Å². The Morgan fingerprint density at radius 2 is 1.89 bits per heavy atom. The molecule has 0 atom stereocenters. The number of nitrogens with one attached hydrogen (secondary N) is 1. The molecule has 0 bridgehead atoms. The van der Waals surface area contributed by atoms with Crippen LogP contribution in [0.1, 0.15) is 11.1 Å². The molecule has 0 unspecified atom stereocenters. The summed E-state index contributed by atoms with van der Waals surface area (Å²) in [5, 5.41) is 3.41. The fourth-order valence-electron chi connectivity index (χ4n) is 2.87. The first kappa shape index (κ1) is 18.7. The number of nitrogens with zero attached hydrogens (tertiary/aromatic N) is 1. The SMILES string of the molecule is CSc1nc2ccc(CNc3ccc(OCc4ccccc4)cc3N)cc2s1. The quantitative estimate of drug-likeness (QED) is 0.300. The fraction of sp³-hybridized carbons (Fsp3) is 0.136. The average molecular weight is 408 g/mol. The molecule has 6 heteroatoms. The highest BCUT2D eigenvalue weighted by Gasteiger charge is 2.06. The molecule has 0 fully saturated rings. The molecule has 0 aliphatic rings. The standard InChI is InChI=1S/C22H21N3OS2/c1-27-22-25-20-9-7-16(11-21(20)28-22)13-24-19-10-8-17(12-18(19)23)26-14-15-5-3-2-4-6-15/h2-12,24H,13-14,23H2,1H3. The zero-order chi connectivity index (χ0) is 19.3. The summed E-state index contributed by atoms with van der Waals surface area (Å²) in [6.45, 7) is 1.23. The molecule has 0 amide bonds. The van der Waals surface area contributed by atoms with E-state index in [9.17, 15) is 0 Å². The van der Waals surface area contributed by atoms with Crippen molar-refractivity contribution in [3.63, 3.8) is 0 Å². The van der Waals surface area contributed by atoms with Crippen molar-refractivity contribution in [1.29, 1.82) is 0 Å². The molecule has 3 N–H and O–H groups in total. The summed E-state index contributed by atoms with van der Waals surface area (Å²) >= 11 is 3.40. The van der Waals surface area contributed by atoms with E-state index in [1.54, 1.807) is 23.1 Å². The average Bonchev–Trinajstić information content (AvgIpc) is 3.15. The number of hydrogen-bond donors (Lipinski definition) is 2. The molecule has 4 nitrogen and oxygen atoms in total. The minimum Gasteiger partial charge on any atom is -0.489 e. The fourth-order valence-corrected chi connectivity index (χ4v) is 4.43. The van der Waals surface area contributed by atoms with Crippen molar-refractivity contribution in [3.05, 3.63) is 77.9 Å². The maximum atomic E-state index is 6.21. The van der Waals surface area contributed by atoms with E-state index in [-0.39, 0.29) is 0 Å². The van der Waals surface area contributed by atoms with Gasteiger partial charge in [-0.2, -0.15) is 0 Å². The van der Waals surface area contributed by atoms with Gasteiger partial charge in [-0.05, 0) is 41.6 Å². The lowest BCUT2D eigenvalue weighted by Crippen LogP contribution is -2.03. The maximum Gasteiger partial charge on any atom is 0.150 e. The third kappa shape index (κ3) is 4.40. The molecular formula is C22H21N3OS2. The molecule has 1 heterocycles. The summed E-state index contributed by atoms with van der Waals surface area (Å²) in [6, 6.07) is 22.2. The second-order valence-electron chi connectivity index (χ2n) is 6.36. The van der Waals surface area contributed by atoms with Gasteiger partial charge < -0.3 is 15.8 Å². The highest BCUT2D eigenvalue weighted by Crippen LogP contribution is 2.29. The molecule has 0 aliphatic heterocycles. The van der Waals surface area contributed by atoms with Gasteiger partial charge in [0, 0.05) is 12.6 Å². The van der Waals surface area contributed by atoms with Gasteiger partial charge >= 0.3 is 0 Å². The van der Waals surface area contributed by atoms with E-state index < -0.39 is 0 Å². The summed E-state index contributed by atoms with van der Waals surface area (Å²) in [7, 11) is 0. The van der Waals surface area contributed by atoms with Gasteiger partial charge in [-0.1, -0.05) is 48.2 Å². The molecule has 0 saturated carbocycles. The minimum absolute atomic E-state index is 0.528. The summed E-state index contributed by atoms with van der Waals surface area (Å²) in [5.41, 5.74) is 11.2. The van der Waals surface area contributed by atoms with Crippen molar-refractivity contribution in [1.82, 2.24) is 4.98 Å². The van der Waals surface area contributed by atoms with Crippen LogP contribution in [-0.4, -0.2) is 11.2 Å². The number of benzene rings is 3. The minimum atomic E-state index is 0.528. The molecule has 28 heavy (non-hydrogen) atoms. The molecule has 4 rings (SSSR count). The number of fused-ring (bicyclic) bond motifs is 1. The van der Waals surface area contributed by atoms with Crippen LogP contribution in [0.3, 0.4) is 0 Å². The first-order valence-electron chi connectivity index (χ1n) is 8.95. The van der Waals surface area contributed by atoms with Gasteiger partial charge in [0.2, 0.25) is 0 Å². The number of nitrogens with two attached hydrogens (primary N) is 1. The van der Waals surface area contributed by atoms with Crippen LogP contribution in [-0.2, 0) is 13.2 Å². The van der Waals surface area contributed by atoms with E-state index in [0.717, 1.165) is 26.9 Å². The van der Waals surface area contributed by atoms with Crippen molar-refractivity contribution in [3.8, 4) is 5.75 Å². The zero-order valence-electron chi connectivity index (χ0n) is 15.5. The van der Waals surface area contributed by atoms with Gasteiger partial charge in [0.15, 0.2) is 4.34 Å². The Labute approximate surface area is 172 Å². The molecule has 1 aromatic heterocycles. The van der Waals surface area contributed by atoms with E-state index in [4.69, 9.17) is 10.5 Å². The predicted molar refractivity (Wildman–Crippen MR) is 120 cm³/mol. The van der Waals surface area contributed by atoms with Crippen LogP contribution < -0.4 is 15.8 Å². The number of hydrogen-bond acceptors (Lipinski definition) is 6. The highest BCUT2D eigenvalue weighted by molar-refractivity contribution is 8.00. The van der Waals surface area contributed by atoms with Gasteiger partial charge in [0.25, 0.3) is 0 Å². The lowest BCUT2D eigenvalue weighted by molar-refractivity contribution is 0.306. The number of aromatic nitrogens is 1. The largest absolute Gasteiger partial charge is 0.489 e. The molecule has 0 saturated heterocycles. The lowest BCUT2D eigenvalue weighted by atomic mass is 10.2. The number of thiazole rings is 1. The number of rotatable bonds is 7. The second-order valence-corrected chi connectivity index (χ2v) is 8.45. The van der Waals surface area contributed by atoms with E-state index in [2.05, 4.69) is 34.8 Å². The smallest absolute Gasteiger partial charge is 0.150 e. The summed E-state index contributed by atoms with van der Waals surface area (Å²) < 4.78 is 8.14. The number of thioether (sulfide) groups is 1. The van der Waals surface area contributed by atoms with Gasteiger partial charge in [0.1, 0.15) is 12.4 Å². The van der Waals surface area contributed by atoms with Crippen molar-refractivity contribution >= 4 is 44.7 Å². The zero-order valence-corrected chi connectivity index (χ0v) is 17.1. The predicted octanol–water partition coefficient (Wildman–Crippen LogP) is 5.79. The highest BCUT2D eigenvalue weighted by atomic mass is 32.2. The second kappa shape index (κ2) is 8.54. The first-order valence-corrected chi connectivity index (χ1v) is 11.0. The van der Waals surface area contributed by atoms with Crippen molar-refractivity contribution in [2.24, 2.45) is 0 Å². The Hall–Kier alpha value is -2.70. The van der Waals surface area contributed by atoms with Crippen molar-refractivity contribution in [2.75, 3.05) is 17.3 Å². The third-order valence-corrected chi connectivity index (χ3v) is 6.37. The first-order chi connectivity index (χ1) is 13.7. The van der Waals surface area contributed by atoms with Crippen LogP contribution in [0.15, 0.2) is 71.1 Å². The molecule has 0 spiro atoms. The Kier molecular flexibility index (Phi) is 5.69. The van der Waals surface area contributed by atoms with Crippen molar-refractivity contribution in [2.45, 2.75) is 17.5 Å². The topological polar surface area (TPSA) is 60.2 Å². The molecule has 3 aromatic carbocycles. The Morgan fingerprint density at radius 1 is 1.04 bits per heavy atom. The van der Waals surface area contributed by atoms with Crippen LogP contribution in [0.5, 0.6) is 5.75 Å². The van der Waals surface area contributed by atoms with E-state index in [1.807, 2.05) is 48.5 Å². The Balaban J connectivity index is 1.39. The summed E-state index contributed by atoms with van der Waals surface area (Å²) in [6.07, 6.45) is 2.05. The van der Waals surface area contributed by atoms with Gasteiger partial charge in [-0.3, -0.25) is 0 Å². The normalized spacial score (nSPS) is 10.9. The summed E-state index contributed by atoms with van der Waals surface area (Å²) in [5.74, 6) is 0.766. The van der Waals surface area contributed by atoms with Crippen LogP contribution in [0, 0.1) is 0 Å². The third-order valence-electron chi connectivity index (χ3n) is 4.36. The molecule has 4 aromatic rings. The molecule has 0 radical (unpaired) electrons. The van der Waals surface area contributed by atoms with Gasteiger partial charge in [0.05, 0.1) is 21.6 Å². The molecule has 0 aliphatic carbocycles. The monoisotopic (exact) mass is 407 g/mol. The van der Waals surface area contributed by atoms with Crippen LogP contribution in [0.25, 0.3) is 10.2 Å². The Bertz CT molecular complexity index is 1080.